The fourth-order valence-electron chi connectivity index (χ4n) is 4.08. The summed E-state index contributed by atoms with van der Waals surface area (Å²) < 4.78 is 0. The summed E-state index contributed by atoms with van der Waals surface area (Å²) in [5.41, 5.74) is 10.3. The summed E-state index contributed by atoms with van der Waals surface area (Å²) in [6, 6.07) is 8.55. The number of aryl methyl sites for hydroxylation is 2. The van der Waals surface area contributed by atoms with Crippen LogP contribution in [0.15, 0.2) is 18.2 Å². The van der Waals surface area contributed by atoms with Gasteiger partial charge in [-0.3, -0.25) is 9.80 Å². The Labute approximate surface area is 129 Å². The zero-order valence-electron chi connectivity index (χ0n) is 13.7. The van der Waals surface area contributed by atoms with Gasteiger partial charge in [0.05, 0.1) is 0 Å². The number of piperazine rings is 1. The smallest absolute Gasteiger partial charge is 0.0474 e. The Kier molecular flexibility index (Phi) is 4.34. The van der Waals surface area contributed by atoms with Crippen molar-refractivity contribution in [1.29, 1.82) is 0 Å². The molecule has 1 aromatic carbocycles. The molecule has 0 saturated carbocycles. The second-order valence-electron chi connectivity index (χ2n) is 6.93. The van der Waals surface area contributed by atoms with Gasteiger partial charge in [-0.25, -0.2) is 0 Å². The Balaban J connectivity index is 1.83. The lowest BCUT2D eigenvalue weighted by Gasteiger charge is -2.46. The van der Waals surface area contributed by atoms with Crippen LogP contribution in [0.3, 0.4) is 0 Å². The van der Waals surface area contributed by atoms with E-state index in [-0.39, 0.29) is 0 Å². The second kappa shape index (κ2) is 6.07. The molecule has 0 amide bonds. The van der Waals surface area contributed by atoms with E-state index >= 15 is 0 Å². The van der Waals surface area contributed by atoms with E-state index in [0.717, 1.165) is 6.04 Å². The number of nitrogens with two attached hydrogens (primary N) is 1. The van der Waals surface area contributed by atoms with Gasteiger partial charge in [0.25, 0.3) is 0 Å². The molecule has 3 heteroatoms. The van der Waals surface area contributed by atoms with Crippen molar-refractivity contribution in [3.63, 3.8) is 0 Å². The Hall–Kier alpha value is -0.900. The summed E-state index contributed by atoms with van der Waals surface area (Å²) in [6.45, 7) is 11.1. The van der Waals surface area contributed by atoms with Gasteiger partial charge in [0, 0.05) is 37.8 Å². The molecule has 2 N–H and O–H groups in total. The lowest BCUT2D eigenvalue weighted by molar-refractivity contribution is 0.0296. The first-order chi connectivity index (χ1) is 10.1. The number of nitrogens with zero attached hydrogens (tertiary/aromatic N) is 2. The van der Waals surface area contributed by atoms with Crippen molar-refractivity contribution in [2.75, 3.05) is 26.2 Å². The first-order valence-electron chi connectivity index (χ1n) is 8.37. The van der Waals surface area contributed by atoms with Crippen molar-refractivity contribution >= 4 is 0 Å². The van der Waals surface area contributed by atoms with Crippen LogP contribution in [0.4, 0.5) is 0 Å². The van der Waals surface area contributed by atoms with Gasteiger partial charge in [0.15, 0.2) is 0 Å². The van der Waals surface area contributed by atoms with Gasteiger partial charge in [-0.15, -0.1) is 0 Å². The molecule has 21 heavy (non-hydrogen) atoms. The van der Waals surface area contributed by atoms with Crippen LogP contribution in [0.2, 0.25) is 0 Å². The maximum atomic E-state index is 6.17. The average molecular weight is 287 g/mol. The zero-order chi connectivity index (χ0) is 15.0. The largest absolute Gasteiger partial charge is 0.329 e. The fraction of sp³-hybridized carbons (Fsp3) is 0.667. The lowest BCUT2D eigenvalue weighted by atomic mass is 9.96. The van der Waals surface area contributed by atoms with Crippen molar-refractivity contribution in [2.45, 2.75) is 51.7 Å². The first-order valence-corrected chi connectivity index (χ1v) is 8.37. The molecule has 1 aromatic rings. The number of hydrogen-bond acceptors (Lipinski definition) is 3. The normalized spacial score (nSPS) is 28.6. The van der Waals surface area contributed by atoms with E-state index in [1.165, 1.54) is 49.2 Å². The molecule has 0 aromatic heterocycles. The predicted octanol–water partition coefficient (Wildman–Crippen LogP) is 2.47. The van der Waals surface area contributed by atoms with Gasteiger partial charge in [-0.05, 0) is 56.8 Å². The summed E-state index contributed by atoms with van der Waals surface area (Å²) in [4.78, 5) is 5.33. The number of fused-ring (bicyclic) bond motifs is 1. The van der Waals surface area contributed by atoms with Crippen LogP contribution in [-0.4, -0.2) is 48.1 Å². The van der Waals surface area contributed by atoms with E-state index in [1.54, 1.807) is 0 Å². The van der Waals surface area contributed by atoms with Gasteiger partial charge in [0.1, 0.15) is 0 Å². The van der Waals surface area contributed by atoms with E-state index in [1.807, 2.05) is 0 Å². The van der Waals surface area contributed by atoms with Crippen molar-refractivity contribution in [3.8, 4) is 0 Å². The van der Waals surface area contributed by atoms with Gasteiger partial charge < -0.3 is 5.73 Å². The SMILES string of the molecule is Cc1ccc(C(CN)N2CC3CCCN3CC2C)cc1C. The lowest BCUT2D eigenvalue weighted by Crippen LogP contribution is -2.56. The summed E-state index contributed by atoms with van der Waals surface area (Å²) in [7, 11) is 0. The molecule has 3 unspecified atom stereocenters. The molecule has 2 saturated heterocycles. The Morgan fingerprint density at radius 2 is 2.05 bits per heavy atom. The van der Waals surface area contributed by atoms with Gasteiger partial charge >= 0.3 is 0 Å². The Morgan fingerprint density at radius 3 is 2.76 bits per heavy atom. The van der Waals surface area contributed by atoms with Crippen molar-refractivity contribution in [3.05, 3.63) is 34.9 Å². The van der Waals surface area contributed by atoms with Crippen LogP contribution in [0, 0.1) is 13.8 Å². The predicted molar refractivity (Wildman–Crippen MR) is 88.5 cm³/mol. The van der Waals surface area contributed by atoms with E-state index in [0.29, 0.717) is 18.6 Å². The maximum Gasteiger partial charge on any atom is 0.0474 e. The minimum absolute atomic E-state index is 0.363. The van der Waals surface area contributed by atoms with Gasteiger partial charge in [-0.2, -0.15) is 0 Å². The van der Waals surface area contributed by atoms with Crippen molar-refractivity contribution < 1.29 is 0 Å². The fourth-order valence-corrected chi connectivity index (χ4v) is 4.08. The molecule has 3 nitrogen and oxygen atoms in total. The topological polar surface area (TPSA) is 32.5 Å². The van der Waals surface area contributed by atoms with E-state index in [9.17, 15) is 0 Å². The maximum absolute atomic E-state index is 6.17. The van der Waals surface area contributed by atoms with Crippen LogP contribution < -0.4 is 5.73 Å². The zero-order valence-corrected chi connectivity index (χ0v) is 13.7. The molecule has 2 heterocycles. The molecule has 2 aliphatic rings. The molecule has 3 rings (SSSR count). The first kappa shape index (κ1) is 15.0. The molecular weight excluding hydrogens is 258 g/mol. The van der Waals surface area contributed by atoms with Crippen molar-refractivity contribution in [2.24, 2.45) is 5.73 Å². The molecule has 116 valence electrons. The molecular formula is C18H29N3. The number of rotatable bonds is 3. The summed E-state index contributed by atoms with van der Waals surface area (Å²) in [5, 5.41) is 0. The third kappa shape index (κ3) is 2.87. The van der Waals surface area contributed by atoms with E-state index in [2.05, 4.69) is 48.8 Å². The van der Waals surface area contributed by atoms with E-state index in [4.69, 9.17) is 5.73 Å². The second-order valence-corrected chi connectivity index (χ2v) is 6.93. The summed E-state index contributed by atoms with van der Waals surface area (Å²) >= 11 is 0. The van der Waals surface area contributed by atoms with E-state index < -0.39 is 0 Å². The molecule has 2 aliphatic heterocycles. The molecule has 0 spiro atoms. The highest BCUT2D eigenvalue weighted by Gasteiger charge is 2.37. The molecule has 0 radical (unpaired) electrons. The van der Waals surface area contributed by atoms with Gasteiger partial charge in [0.2, 0.25) is 0 Å². The molecule has 0 bridgehead atoms. The van der Waals surface area contributed by atoms with Crippen molar-refractivity contribution in [1.82, 2.24) is 9.80 Å². The molecule has 2 fully saturated rings. The number of hydrogen-bond donors (Lipinski definition) is 1. The third-order valence-electron chi connectivity index (χ3n) is 5.52. The highest BCUT2D eigenvalue weighted by molar-refractivity contribution is 5.32. The highest BCUT2D eigenvalue weighted by Crippen LogP contribution is 2.31. The minimum atomic E-state index is 0.363. The number of benzene rings is 1. The standard InChI is InChI=1S/C18H29N3/c1-13-6-7-16(9-14(13)2)18(10-19)21-12-17-5-4-8-20(17)11-15(21)3/h6-7,9,15,17-18H,4-5,8,10-12,19H2,1-3H3. The highest BCUT2D eigenvalue weighted by atomic mass is 15.3. The summed E-state index contributed by atoms with van der Waals surface area (Å²) in [5.74, 6) is 0. The van der Waals surface area contributed by atoms with Crippen LogP contribution in [0.1, 0.15) is 42.5 Å². The molecule has 0 aliphatic carbocycles. The third-order valence-corrected chi connectivity index (χ3v) is 5.52. The summed E-state index contributed by atoms with van der Waals surface area (Å²) in [6.07, 6.45) is 2.72. The minimum Gasteiger partial charge on any atom is -0.329 e. The van der Waals surface area contributed by atoms with Crippen LogP contribution in [0.5, 0.6) is 0 Å². The van der Waals surface area contributed by atoms with Crippen LogP contribution >= 0.6 is 0 Å². The monoisotopic (exact) mass is 287 g/mol. The van der Waals surface area contributed by atoms with Gasteiger partial charge in [-0.1, -0.05) is 18.2 Å². The quantitative estimate of drug-likeness (QED) is 0.927. The Morgan fingerprint density at radius 1 is 1.24 bits per heavy atom. The van der Waals surface area contributed by atoms with Crippen LogP contribution in [-0.2, 0) is 0 Å². The average Bonchev–Trinajstić information content (AvgIpc) is 2.90. The Bertz CT molecular complexity index is 499. The molecule has 3 atom stereocenters. The van der Waals surface area contributed by atoms with Crippen LogP contribution in [0.25, 0.3) is 0 Å².